The Morgan fingerprint density at radius 1 is 1.24 bits per heavy atom. The molecule has 94 valence electrons. The second-order valence-electron chi connectivity index (χ2n) is 3.33. The van der Waals surface area contributed by atoms with Crippen molar-refractivity contribution in [3.63, 3.8) is 0 Å². The van der Waals surface area contributed by atoms with Crippen molar-refractivity contribution in [1.82, 2.24) is 0 Å². The number of aliphatic hydroxyl groups is 2. The maximum absolute atomic E-state index is 13.4. The van der Waals surface area contributed by atoms with Crippen LogP contribution in [0.5, 0.6) is 0 Å². The van der Waals surface area contributed by atoms with Crippen LogP contribution in [0, 0.1) is 11.6 Å². The minimum Gasteiger partial charge on any atom is -0.478 e. The molecule has 0 fully saturated rings. The highest BCUT2D eigenvalue weighted by Gasteiger charge is 2.17. The molecule has 0 saturated carbocycles. The van der Waals surface area contributed by atoms with E-state index in [0.717, 1.165) is 0 Å². The molecule has 7 heteroatoms. The molecule has 1 aromatic carbocycles. The zero-order chi connectivity index (χ0) is 13.0. The van der Waals surface area contributed by atoms with E-state index in [-0.39, 0.29) is 0 Å². The molecule has 0 aromatic heterocycles. The van der Waals surface area contributed by atoms with Crippen LogP contribution in [-0.4, -0.2) is 40.5 Å². The largest absolute Gasteiger partial charge is 0.478 e. The zero-order valence-electron chi connectivity index (χ0n) is 8.65. The summed E-state index contributed by atoms with van der Waals surface area (Å²) in [6, 6.07) is 0.383. The van der Waals surface area contributed by atoms with E-state index in [2.05, 4.69) is 5.32 Å². The molecule has 0 aliphatic carbocycles. The Morgan fingerprint density at radius 2 is 1.71 bits per heavy atom. The molecular weight excluding hydrogens is 236 g/mol. The molecule has 0 aliphatic rings. The third kappa shape index (κ3) is 3.11. The molecule has 1 rings (SSSR count). The predicted molar refractivity (Wildman–Crippen MR) is 54.9 cm³/mol. The van der Waals surface area contributed by atoms with Gasteiger partial charge in [-0.1, -0.05) is 0 Å². The summed E-state index contributed by atoms with van der Waals surface area (Å²) in [5.41, 5.74) is -1.10. The average Bonchev–Trinajstić information content (AvgIpc) is 2.28. The number of aliphatic hydroxyl groups excluding tert-OH is 2. The first-order chi connectivity index (χ1) is 7.99. The van der Waals surface area contributed by atoms with Crippen LogP contribution in [0.25, 0.3) is 0 Å². The van der Waals surface area contributed by atoms with Gasteiger partial charge in [-0.2, -0.15) is 0 Å². The van der Waals surface area contributed by atoms with E-state index in [1.807, 2.05) is 0 Å². The number of hydrogen-bond acceptors (Lipinski definition) is 4. The van der Waals surface area contributed by atoms with Gasteiger partial charge in [-0.25, -0.2) is 13.6 Å². The molecule has 1 aromatic rings. The highest BCUT2D eigenvalue weighted by molar-refractivity contribution is 5.88. The Hall–Kier alpha value is -1.73. The van der Waals surface area contributed by atoms with Gasteiger partial charge in [-0.15, -0.1) is 0 Å². The lowest BCUT2D eigenvalue weighted by atomic mass is 10.1. The van der Waals surface area contributed by atoms with E-state index < -0.39 is 48.1 Å². The summed E-state index contributed by atoms with van der Waals surface area (Å²) in [6.45, 7) is -1.04. The quantitative estimate of drug-likeness (QED) is 0.605. The second-order valence-corrected chi connectivity index (χ2v) is 3.33. The summed E-state index contributed by atoms with van der Waals surface area (Å²) < 4.78 is 26.8. The topological polar surface area (TPSA) is 89.8 Å². The number of carboxylic acids is 1. The monoisotopic (exact) mass is 247 g/mol. The fourth-order valence-electron chi connectivity index (χ4n) is 1.19. The Bertz CT molecular complexity index is 398. The number of benzene rings is 1. The van der Waals surface area contributed by atoms with Crippen LogP contribution in [0.3, 0.4) is 0 Å². The first-order valence-electron chi connectivity index (χ1n) is 4.70. The van der Waals surface area contributed by atoms with Crippen LogP contribution in [0.1, 0.15) is 10.4 Å². The standard InChI is InChI=1S/C10H11F2NO4/c11-7-1-5(10(16)17)2-8(12)9(7)13-6(3-14)4-15/h1-2,6,13-15H,3-4H2,(H,16,17). The minimum atomic E-state index is -1.45. The average molecular weight is 247 g/mol. The number of carboxylic acid groups (broad SMARTS) is 1. The number of anilines is 1. The number of rotatable bonds is 5. The van der Waals surface area contributed by atoms with Crippen molar-refractivity contribution in [3.05, 3.63) is 29.3 Å². The Kier molecular flexibility index (Phi) is 4.36. The van der Waals surface area contributed by atoms with Crippen LogP contribution in [0.2, 0.25) is 0 Å². The maximum atomic E-state index is 13.4. The molecule has 0 bridgehead atoms. The summed E-state index contributed by atoms with van der Waals surface area (Å²) >= 11 is 0. The van der Waals surface area contributed by atoms with Crippen molar-refractivity contribution in [2.75, 3.05) is 18.5 Å². The molecule has 5 nitrogen and oxygen atoms in total. The van der Waals surface area contributed by atoms with E-state index in [1.165, 1.54) is 0 Å². The number of halogens is 2. The summed E-state index contributed by atoms with van der Waals surface area (Å²) in [5.74, 6) is -3.65. The van der Waals surface area contributed by atoms with Gasteiger partial charge >= 0.3 is 5.97 Å². The van der Waals surface area contributed by atoms with Gasteiger partial charge in [-0.3, -0.25) is 0 Å². The molecule has 0 radical (unpaired) electrons. The lowest BCUT2D eigenvalue weighted by Gasteiger charge is -2.16. The van der Waals surface area contributed by atoms with Gasteiger partial charge in [-0.05, 0) is 12.1 Å². The first kappa shape index (κ1) is 13.3. The lowest BCUT2D eigenvalue weighted by Crippen LogP contribution is -2.28. The van der Waals surface area contributed by atoms with Gasteiger partial charge in [0.2, 0.25) is 0 Å². The van der Waals surface area contributed by atoms with E-state index in [1.54, 1.807) is 0 Å². The first-order valence-corrected chi connectivity index (χ1v) is 4.70. The molecule has 4 N–H and O–H groups in total. The highest BCUT2D eigenvalue weighted by Crippen LogP contribution is 2.21. The van der Waals surface area contributed by atoms with Crippen LogP contribution >= 0.6 is 0 Å². The summed E-state index contributed by atoms with van der Waals surface area (Å²) in [6.07, 6.45) is 0. The van der Waals surface area contributed by atoms with E-state index in [4.69, 9.17) is 15.3 Å². The molecule has 0 saturated heterocycles. The molecule has 17 heavy (non-hydrogen) atoms. The van der Waals surface area contributed by atoms with Gasteiger partial charge < -0.3 is 20.6 Å². The van der Waals surface area contributed by atoms with Crippen molar-refractivity contribution in [2.45, 2.75) is 6.04 Å². The normalized spacial score (nSPS) is 10.6. The van der Waals surface area contributed by atoms with Crippen LogP contribution in [0.15, 0.2) is 12.1 Å². The van der Waals surface area contributed by atoms with Crippen molar-refractivity contribution in [1.29, 1.82) is 0 Å². The zero-order valence-corrected chi connectivity index (χ0v) is 8.65. The smallest absolute Gasteiger partial charge is 0.335 e. The third-order valence-electron chi connectivity index (χ3n) is 2.08. The van der Waals surface area contributed by atoms with Gasteiger partial charge in [0, 0.05) is 0 Å². The van der Waals surface area contributed by atoms with Gasteiger partial charge in [0.25, 0.3) is 0 Å². The lowest BCUT2D eigenvalue weighted by molar-refractivity contribution is 0.0695. The van der Waals surface area contributed by atoms with E-state index in [0.29, 0.717) is 12.1 Å². The summed E-state index contributed by atoms with van der Waals surface area (Å²) in [4.78, 5) is 10.5. The minimum absolute atomic E-state index is 0.518. The highest BCUT2D eigenvalue weighted by atomic mass is 19.1. The van der Waals surface area contributed by atoms with Crippen molar-refractivity contribution < 1.29 is 28.9 Å². The SMILES string of the molecule is O=C(O)c1cc(F)c(NC(CO)CO)c(F)c1. The van der Waals surface area contributed by atoms with Gasteiger partial charge in [0.05, 0.1) is 24.8 Å². The van der Waals surface area contributed by atoms with Gasteiger partial charge in [0.15, 0.2) is 0 Å². The Labute approximate surface area is 95.3 Å². The fourth-order valence-corrected chi connectivity index (χ4v) is 1.19. The second kappa shape index (κ2) is 5.55. The molecule has 0 aliphatic heterocycles. The number of nitrogens with one attached hydrogen (secondary N) is 1. The molecular formula is C10H11F2NO4. The van der Waals surface area contributed by atoms with Crippen molar-refractivity contribution >= 4 is 11.7 Å². The Balaban J connectivity index is 3.05. The molecule has 0 unspecified atom stereocenters. The molecule has 0 amide bonds. The van der Waals surface area contributed by atoms with E-state index >= 15 is 0 Å². The van der Waals surface area contributed by atoms with Crippen LogP contribution in [0.4, 0.5) is 14.5 Å². The van der Waals surface area contributed by atoms with E-state index in [9.17, 15) is 13.6 Å². The fraction of sp³-hybridized carbons (Fsp3) is 0.300. The van der Waals surface area contributed by atoms with Crippen molar-refractivity contribution in [3.8, 4) is 0 Å². The van der Waals surface area contributed by atoms with Crippen LogP contribution in [-0.2, 0) is 0 Å². The molecule has 0 atom stereocenters. The number of carbonyl (C=O) groups is 1. The van der Waals surface area contributed by atoms with Crippen molar-refractivity contribution in [2.24, 2.45) is 0 Å². The third-order valence-corrected chi connectivity index (χ3v) is 2.08. The number of hydrogen-bond donors (Lipinski definition) is 4. The molecule has 0 heterocycles. The Morgan fingerprint density at radius 3 is 2.06 bits per heavy atom. The van der Waals surface area contributed by atoms with Crippen LogP contribution < -0.4 is 5.32 Å². The predicted octanol–water partition coefficient (Wildman–Crippen LogP) is 0.428. The summed E-state index contributed by atoms with van der Waals surface area (Å²) in [5, 5.41) is 28.3. The summed E-state index contributed by atoms with van der Waals surface area (Å²) in [7, 11) is 0. The van der Waals surface area contributed by atoms with Gasteiger partial charge in [0.1, 0.15) is 17.3 Å². The number of aromatic carboxylic acids is 1. The maximum Gasteiger partial charge on any atom is 0.335 e. The molecule has 0 spiro atoms.